The zero-order valence-electron chi connectivity index (χ0n) is 10.2. The van der Waals surface area contributed by atoms with Gasteiger partial charge >= 0.3 is 0 Å². The fraction of sp³-hybridized carbons (Fsp3) is 0.833. The van der Waals surface area contributed by atoms with Gasteiger partial charge in [0.2, 0.25) is 5.91 Å². The summed E-state index contributed by atoms with van der Waals surface area (Å²) >= 11 is 0. The summed E-state index contributed by atoms with van der Waals surface area (Å²) in [4.78, 5) is 11.5. The van der Waals surface area contributed by atoms with Crippen molar-refractivity contribution in [1.82, 2.24) is 5.32 Å². The molecule has 0 spiro atoms. The molecule has 3 heteroatoms. The van der Waals surface area contributed by atoms with Crippen LogP contribution in [-0.2, 0) is 4.79 Å². The lowest BCUT2D eigenvalue weighted by molar-refractivity contribution is -0.121. The van der Waals surface area contributed by atoms with Crippen molar-refractivity contribution in [2.24, 2.45) is 5.92 Å². The van der Waals surface area contributed by atoms with E-state index in [1.807, 2.05) is 0 Å². The predicted octanol–water partition coefficient (Wildman–Crippen LogP) is 2.75. The van der Waals surface area contributed by atoms with Crippen LogP contribution in [0.5, 0.6) is 0 Å². The predicted molar refractivity (Wildman–Crippen MR) is 64.3 cm³/mol. The third-order valence-corrected chi connectivity index (χ3v) is 2.53. The van der Waals surface area contributed by atoms with Crippen LogP contribution in [0.3, 0.4) is 0 Å². The summed E-state index contributed by atoms with van der Waals surface area (Å²) in [5.41, 5.74) is 0.627. The summed E-state index contributed by atoms with van der Waals surface area (Å²) in [6.07, 6.45) is 4.59. The lowest BCUT2D eigenvalue weighted by atomic mass is 9.95. The van der Waals surface area contributed by atoms with Gasteiger partial charge in [0.15, 0.2) is 0 Å². The van der Waals surface area contributed by atoms with E-state index in [0.29, 0.717) is 12.1 Å². The molecule has 0 aliphatic carbocycles. The lowest BCUT2D eigenvalue weighted by Gasteiger charge is -2.14. The second kappa shape index (κ2) is 8.45. The SMILES string of the molecule is CCCCNC(=O)CC(CCC)C(C)=N. The molecule has 15 heavy (non-hydrogen) atoms. The molecule has 0 aliphatic heterocycles. The van der Waals surface area contributed by atoms with Gasteiger partial charge in [-0.05, 0) is 19.8 Å². The first kappa shape index (κ1) is 14.1. The molecule has 0 heterocycles. The minimum absolute atomic E-state index is 0.0912. The highest BCUT2D eigenvalue weighted by Crippen LogP contribution is 2.12. The molecule has 88 valence electrons. The number of nitrogens with one attached hydrogen (secondary N) is 2. The smallest absolute Gasteiger partial charge is 0.220 e. The van der Waals surface area contributed by atoms with Crippen LogP contribution in [0.4, 0.5) is 0 Å². The number of hydrogen-bond donors (Lipinski definition) is 2. The Balaban J connectivity index is 3.84. The summed E-state index contributed by atoms with van der Waals surface area (Å²) < 4.78 is 0. The standard InChI is InChI=1S/C12H24N2O/c1-4-6-8-14-12(15)9-11(7-5-2)10(3)13/h11,13H,4-9H2,1-3H3,(H,14,15). The molecule has 0 fully saturated rings. The van der Waals surface area contributed by atoms with Crippen LogP contribution in [0.25, 0.3) is 0 Å². The molecule has 0 aromatic heterocycles. The van der Waals surface area contributed by atoms with Crippen molar-refractivity contribution in [2.45, 2.75) is 52.9 Å². The number of amides is 1. The summed E-state index contributed by atoms with van der Waals surface area (Å²) in [6.45, 7) is 6.75. The maximum Gasteiger partial charge on any atom is 0.220 e. The number of carbonyl (C=O) groups excluding carboxylic acids is 1. The van der Waals surface area contributed by atoms with E-state index in [-0.39, 0.29) is 11.8 Å². The lowest BCUT2D eigenvalue weighted by Crippen LogP contribution is -2.28. The highest BCUT2D eigenvalue weighted by Gasteiger charge is 2.14. The van der Waals surface area contributed by atoms with Gasteiger partial charge in [0.25, 0.3) is 0 Å². The molecular weight excluding hydrogens is 188 g/mol. The van der Waals surface area contributed by atoms with Crippen molar-refractivity contribution < 1.29 is 4.79 Å². The van der Waals surface area contributed by atoms with E-state index in [0.717, 1.165) is 32.2 Å². The zero-order chi connectivity index (χ0) is 11.7. The second-order valence-corrected chi connectivity index (χ2v) is 4.08. The van der Waals surface area contributed by atoms with Gasteiger partial charge in [-0.3, -0.25) is 4.79 Å². The van der Waals surface area contributed by atoms with Gasteiger partial charge in [-0.1, -0.05) is 26.7 Å². The van der Waals surface area contributed by atoms with Crippen molar-refractivity contribution in [3.8, 4) is 0 Å². The van der Waals surface area contributed by atoms with E-state index in [4.69, 9.17) is 5.41 Å². The van der Waals surface area contributed by atoms with E-state index in [1.54, 1.807) is 6.92 Å². The van der Waals surface area contributed by atoms with Gasteiger partial charge in [-0.15, -0.1) is 0 Å². The van der Waals surface area contributed by atoms with Gasteiger partial charge in [0.05, 0.1) is 0 Å². The molecular formula is C12H24N2O. The van der Waals surface area contributed by atoms with Gasteiger partial charge < -0.3 is 10.7 Å². The molecule has 0 aliphatic rings. The van der Waals surface area contributed by atoms with Crippen LogP contribution < -0.4 is 5.32 Å². The fourth-order valence-electron chi connectivity index (χ4n) is 1.52. The number of rotatable bonds is 8. The van der Waals surface area contributed by atoms with Gasteiger partial charge in [0, 0.05) is 24.6 Å². The summed E-state index contributed by atoms with van der Waals surface area (Å²) in [5, 5.41) is 10.5. The molecule has 0 radical (unpaired) electrons. The van der Waals surface area contributed by atoms with Crippen molar-refractivity contribution in [3.63, 3.8) is 0 Å². The first-order valence-electron chi connectivity index (χ1n) is 5.93. The third kappa shape index (κ3) is 7.11. The van der Waals surface area contributed by atoms with Crippen LogP contribution >= 0.6 is 0 Å². The first-order valence-corrected chi connectivity index (χ1v) is 5.93. The highest BCUT2D eigenvalue weighted by molar-refractivity contribution is 5.87. The average molecular weight is 212 g/mol. The normalized spacial score (nSPS) is 12.2. The summed E-state index contributed by atoms with van der Waals surface area (Å²) in [7, 11) is 0. The molecule has 3 nitrogen and oxygen atoms in total. The molecule has 0 aromatic rings. The van der Waals surface area contributed by atoms with Crippen LogP contribution in [0.15, 0.2) is 0 Å². The van der Waals surface area contributed by atoms with E-state index in [1.165, 1.54) is 0 Å². The Morgan fingerprint density at radius 2 is 2.00 bits per heavy atom. The Kier molecular flexibility index (Phi) is 7.96. The summed E-state index contributed by atoms with van der Waals surface area (Å²) in [6, 6.07) is 0. The molecule has 0 rings (SSSR count). The molecule has 0 saturated heterocycles. The molecule has 1 atom stereocenters. The van der Waals surface area contributed by atoms with Gasteiger partial charge in [-0.2, -0.15) is 0 Å². The fourth-order valence-corrected chi connectivity index (χ4v) is 1.52. The van der Waals surface area contributed by atoms with E-state index >= 15 is 0 Å². The second-order valence-electron chi connectivity index (χ2n) is 4.08. The van der Waals surface area contributed by atoms with Crippen LogP contribution in [-0.4, -0.2) is 18.2 Å². The number of unbranched alkanes of at least 4 members (excludes halogenated alkanes) is 1. The van der Waals surface area contributed by atoms with Crippen molar-refractivity contribution in [1.29, 1.82) is 5.41 Å². The maximum atomic E-state index is 11.5. The van der Waals surface area contributed by atoms with E-state index in [2.05, 4.69) is 19.2 Å². The third-order valence-electron chi connectivity index (χ3n) is 2.53. The topological polar surface area (TPSA) is 53.0 Å². The first-order chi connectivity index (χ1) is 7.11. The molecule has 2 N–H and O–H groups in total. The van der Waals surface area contributed by atoms with Crippen LogP contribution in [0, 0.1) is 11.3 Å². The van der Waals surface area contributed by atoms with Crippen LogP contribution in [0.2, 0.25) is 0 Å². The minimum atomic E-state index is 0.0912. The van der Waals surface area contributed by atoms with E-state index < -0.39 is 0 Å². The molecule has 0 aromatic carbocycles. The Hall–Kier alpha value is -0.860. The van der Waals surface area contributed by atoms with Crippen molar-refractivity contribution >= 4 is 11.6 Å². The Bertz CT molecular complexity index is 202. The molecule has 1 unspecified atom stereocenters. The Labute approximate surface area is 93.2 Å². The monoisotopic (exact) mass is 212 g/mol. The summed E-state index contributed by atoms with van der Waals surface area (Å²) in [5.74, 6) is 0.227. The average Bonchev–Trinajstić information content (AvgIpc) is 2.17. The minimum Gasteiger partial charge on any atom is -0.356 e. The Morgan fingerprint density at radius 1 is 1.33 bits per heavy atom. The van der Waals surface area contributed by atoms with Crippen molar-refractivity contribution in [3.05, 3.63) is 0 Å². The highest BCUT2D eigenvalue weighted by atomic mass is 16.1. The zero-order valence-corrected chi connectivity index (χ0v) is 10.2. The van der Waals surface area contributed by atoms with E-state index in [9.17, 15) is 4.79 Å². The number of hydrogen-bond acceptors (Lipinski definition) is 2. The Morgan fingerprint density at radius 3 is 2.47 bits per heavy atom. The largest absolute Gasteiger partial charge is 0.356 e. The quantitative estimate of drug-likeness (QED) is 0.472. The molecule has 0 bridgehead atoms. The van der Waals surface area contributed by atoms with Gasteiger partial charge in [-0.25, -0.2) is 0 Å². The molecule has 1 amide bonds. The maximum absolute atomic E-state index is 11.5. The van der Waals surface area contributed by atoms with Crippen LogP contribution in [0.1, 0.15) is 52.9 Å². The number of carbonyl (C=O) groups is 1. The van der Waals surface area contributed by atoms with Crippen molar-refractivity contribution in [2.75, 3.05) is 6.54 Å². The van der Waals surface area contributed by atoms with Gasteiger partial charge in [0.1, 0.15) is 0 Å². The molecule has 0 saturated carbocycles.